The molecular formula is C11H21NO3S. The third kappa shape index (κ3) is 2.26. The predicted molar refractivity (Wildman–Crippen MR) is 62.5 cm³/mol. The fourth-order valence-corrected chi connectivity index (χ4v) is 4.72. The minimum atomic E-state index is -3.14. The number of hydrogen-bond donors (Lipinski definition) is 1. The van der Waals surface area contributed by atoms with E-state index in [0.29, 0.717) is 13.1 Å². The van der Waals surface area contributed by atoms with E-state index in [9.17, 15) is 13.5 Å². The molecule has 0 radical (unpaired) electrons. The number of piperidine rings is 1. The van der Waals surface area contributed by atoms with Gasteiger partial charge in [0.05, 0.1) is 11.4 Å². The lowest BCUT2D eigenvalue weighted by Crippen LogP contribution is -2.48. The first-order valence-electron chi connectivity index (χ1n) is 6.19. The van der Waals surface area contributed by atoms with Gasteiger partial charge in [-0.25, -0.2) is 8.42 Å². The highest BCUT2D eigenvalue weighted by Gasteiger charge is 2.37. The van der Waals surface area contributed by atoms with Gasteiger partial charge in [0.25, 0.3) is 0 Å². The van der Waals surface area contributed by atoms with Crippen LogP contribution in [0.1, 0.15) is 39.0 Å². The van der Waals surface area contributed by atoms with E-state index in [1.165, 1.54) is 4.31 Å². The Morgan fingerprint density at radius 3 is 2.38 bits per heavy atom. The first kappa shape index (κ1) is 12.3. The molecule has 1 aliphatic heterocycles. The van der Waals surface area contributed by atoms with E-state index >= 15 is 0 Å². The summed E-state index contributed by atoms with van der Waals surface area (Å²) < 4.78 is 26.0. The van der Waals surface area contributed by atoms with E-state index in [1.54, 1.807) is 0 Å². The van der Waals surface area contributed by atoms with Crippen LogP contribution in [0.2, 0.25) is 0 Å². The van der Waals surface area contributed by atoms with Crippen molar-refractivity contribution in [3.05, 3.63) is 0 Å². The van der Waals surface area contributed by atoms with Gasteiger partial charge in [-0.1, -0.05) is 19.8 Å². The standard InChI is InChI=1S/C11H21NO3S/c1-9-6-7-12(8-11(9)13)16(14,15)10-4-2-3-5-10/h9-11,13H,2-8H2,1H3. The van der Waals surface area contributed by atoms with Gasteiger partial charge in [0.2, 0.25) is 10.0 Å². The molecule has 0 spiro atoms. The number of aliphatic hydroxyl groups is 1. The Morgan fingerprint density at radius 1 is 1.19 bits per heavy atom. The van der Waals surface area contributed by atoms with Gasteiger partial charge in [-0.05, 0) is 25.2 Å². The quantitative estimate of drug-likeness (QED) is 0.791. The van der Waals surface area contributed by atoms with Crippen molar-refractivity contribution < 1.29 is 13.5 Å². The van der Waals surface area contributed by atoms with Gasteiger partial charge in [-0.3, -0.25) is 0 Å². The maximum atomic E-state index is 12.3. The van der Waals surface area contributed by atoms with Crippen molar-refractivity contribution >= 4 is 10.0 Å². The summed E-state index contributed by atoms with van der Waals surface area (Å²) >= 11 is 0. The molecule has 2 unspecified atom stereocenters. The van der Waals surface area contributed by atoms with Crippen LogP contribution in [-0.2, 0) is 10.0 Å². The van der Waals surface area contributed by atoms with Crippen LogP contribution in [0, 0.1) is 5.92 Å². The molecule has 94 valence electrons. The molecule has 0 aromatic carbocycles. The number of sulfonamides is 1. The van der Waals surface area contributed by atoms with Crippen LogP contribution < -0.4 is 0 Å². The lowest BCUT2D eigenvalue weighted by atomic mass is 9.98. The lowest BCUT2D eigenvalue weighted by Gasteiger charge is -2.34. The molecule has 1 saturated heterocycles. The van der Waals surface area contributed by atoms with Crippen molar-refractivity contribution in [1.82, 2.24) is 4.31 Å². The van der Waals surface area contributed by atoms with Gasteiger partial charge < -0.3 is 5.11 Å². The first-order valence-corrected chi connectivity index (χ1v) is 7.69. The van der Waals surface area contributed by atoms with Crippen molar-refractivity contribution in [3.63, 3.8) is 0 Å². The van der Waals surface area contributed by atoms with Crippen LogP contribution in [0.3, 0.4) is 0 Å². The summed E-state index contributed by atoms with van der Waals surface area (Å²) in [6.07, 6.45) is 3.92. The molecular weight excluding hydrogens is 226 g/mol. The normalized spacial score (nSPS) is 34.4. The van der Waals surface area contributed by atoms with Crippen LogP contribution in [0.15, 0.2) is 0 Å². The van der Waals surface area contributed by atoms with Gasteiger partial charge in [0.15, 0.2) is 0 Å². The highest BCUT2D eigenvalue weighted by Crippen LogP contribution is 2.29. The Hall–Kier alpha value is -0.130. The second kappa shape index (κ2) is 4.63. The molecule has 5 heteroatoms. The summed E-state index contributed by atoms with van der Waals surface area (Å²) in [4.78, 5) is 0. The van der Waals surface area contributed by atoms with Gasteiger partial charge in [-0.15, -0.1) is 0 Å². The second-order valence-corrected chi connectivity index (χ2v) is 7.36. The highest BCUT2D eigenvalue weighted by atomic mass is 32.2. The zero-order valence-corrected chi connectivity index (χ0v) is 10.6. The average molecular weight is 247 g/mol. The van der Waals surface area contributed by atoms with Gasteiger partial charge >= 0.3 is 0 Å². The van der Waals surface area contributed by atoms with Gasteiger partial charge in [0.1, 0.15) is 0 Å². The number of aliphatic hydroxyl groups excluding tert-OH is 1. The molecule has 1 saturated carbocycles. The topological polar surface area (TPSA) is 57.6 Å². The van der Waals surface area contributed by atoms with Crippen LogP contribution in [0.5, 0.6) is 0 Å². The SMILES string of the molecule is CC1CCN(S(=O)(=O)C2CCCC2)CC1O. The summed E-state index contributed by atoms with van der Waals surface area (Å²) in [6, 6.07) is 0. The number of β-amino-alcohol motifs (C(OH)–C–C–N with tert-alkyl or cyclic N) is 1. The molecule has 2 rings (SSSR count). The number of hydrogen-bond acceptors (Lipinski definition) is 3. The zero-order chi connectivity index (χ0) is 11.8. The van der Waals surface area contributed by atoms with Crippen LogP contribution >= 0.6 is 0 Å². The van der Waals surface area contributed by atoms with Gasteiger partial charge in [0, 0.05) is 13.1 Å². The summed E-state index contributed by atoms with van der Waals surface area (Å²) in [5, 5.41) is 9.56. The molecule has 2 aliphatic rings. The summed E-state index contributed by atoms with van der Waals surface area (Å²) in [7, 11) is -3.14. The van der Waals surface area contributed by atoms with Gasteiger partial charge in [-0.2, -0.15) is 4.31 Å². The van der Waals surface area contributed by atoms with E-state index < -0.39 is 16.1 Å². The minimum Gasteiger partial charge on any atom is -0.391 e. The summed E-state index contributed by atoms with van der Waals surface area (Å²) in [5.41, 5.74) is 0. The average Bonchev–Trinajstić information content (AvgIpc) is 2.75. The maximum absolute atomic E-state index is 12.3. The monoisotopic (exact) mass is 247 g/mol. The van der Waals surface area contributed by atoms with Crippen LogP contribution in [-0.4, -0.2) is 42.3 Å². The number of rotatable bonds is 2. The van der Waals surface area contributed by atoms with Crippen LogP contribution in [0.4, 0.5) is 0 Å². The highest BCUT2D eigenvalue weighted by molar-refractivity contribution is 7.89. The largest absolute Gasteiger partial charge is 0.391 e. The Kier molecular flexibility index (Phi) is 3.56. The lowest BCUT2D eigenvalue weighted by molar-refractivity contribution is 0.0601. The van der Waals surface area contributed by atoms with Crippen LogP contribution in [0.25, 0.3) is 0 Å². The van der Waals surface area contributed by atoms with E-state index in [-0.39, 0.29) is 11.2 Å². The summed E-state index contributed by atoms with van der Waals surface area (Å²) in [5.74, 6) is 0.218. The molecule has 1 N–H and O–H groups in total. The molecule has 2 fully saturated rings. The Bertz CT molecular complexity index is 335. The van der Waals surface area contributed by atoms with E-state index in [2.05, 4.69) is 0 Å². The van der Waals surface area contributed by atoms with Crippen molar-refractivity contribution in [2.24, 2.45) is 5.92 Å². The Morgan fingerprint density at radius 2 is 1.81 bits per heavy atom. The fourth-order valence-electron chi connectivity index (χ4n) is 2.65. The smallest absolute Gasteiger partial charge is 0.217 e. The Labute approximate surface area is 97.7 Å². The van der Waals surface area contributed by atoms with Crippen molar-refractivity contribution in [2.75, 3.05) is 13.1 Å². The number of nitrogens with zero attached hydrogens (tertiary/aromatic N) is 1. The maximum Gasteiger partial charge on any atom is 0.217 e. The second-order valence-electron chi connectivity index (χ2n) is 5.14. The van der Waals surface area contributed by atoms with E-state index in [4.69, 9.17) is 0 Å². The van der Waals surface area contributed by atoms with Crippen molar-refractivity contribution in [1.29, 1.82) is 0 Å². The van der Waals surface area contributed by atoms with Crippen molar-refractivity contribution in [3.8, 4) is 0 Å². The minimum absolute atomic E-state index is 0.187. The van der Waals surface area contributed by atoms with Crippen molar-refractivity contribution in [2.45, 2.75) is 50.4 Å². The third-order valence-electron chi connectivity index (χ3n) is 3.96. The molecule has 2 atom stereocenters. The molecule has 1 aliphatic carbocycles. The fraction of sp³-hybridized carbons (Fsp3) is 1.00. The molecule has 4 nitrogen and oxygen atoms in total. The predicted octanol–water partition coefficient (Wildman–Crippen LogP) is 0.962. The summed E-state index contributed by atoms with van der Waals surface area (Å²) in [6.45, 7) is 2.85. The van der Waals surface area contributed by atoms with E-state index in [1.807, 2.05) is 6.92 Å². The van der Waals surface area contributed by atoms with E-state index in [0.717, 1.165) is 32.1 Å². The third-order valence-corrected chi connectivity index (χ3v) is 6.33. The molecule has 0 aromatic rings. The molecule has 0 amide bonds. The molecule has 0 aromatic heterocycles. The molecule has 16 heavy (non-hydrogen) atoms. The molecule has 0 bridgehead atoms. The zero-order valence-electron chi connectivity index (χ0n) is 9.80. The molecule has 1 heterocycles. The Balaban J connectivity index is 2.06. The first-order chi connectivity index (χ1) is 7.51.